The Morgan fingerprint density at radius 2 is 2.11 bits per heavy atom. The van der Waals surface area contributed by atoms with Gasteiger partial charge in [-0.3, -0.25) is 0 Å². The molecule has 3 aromatic rings. The molecular weight excluding hydrogens is 298 g/mol. The van der Waals surface area contributed by atoms with Gasteiger partial charge in [-0.1, -0.05) is 17.7 Å². The van der Waals surface area contributed by atoms with Gasteiger partial charge in [0.1, 0.15) is 0 Å². The van der Waals surface area contributed by atoms with Crippen LogP contribution in [-0.4, -0.2) is 4.98 Å². The summed E-state index contributed by atoms with van der Waals surface area (Å²) in [6.07, 6.45) is 0. The van der Waals surface area contributed by atoms with Crippen LogP contribution in [0.15, 0.2) is 41.1 Å². The molecule has 0 amide bonds. The molecule has 0 unspecified atom stereocenters. The number of nitrogens with one attached hydrogen (secondary N) is 1. The molecule has 0 bridgehead atoms. The minimum absolute atomic E-state index is 0.557. The number of hydrogen-bond donors (Lipinski definition) is 2. The predicted octanol–water partition coefficient (Wildman–Crippen LogP) is 4.85. The molecule has 96 valence electrons. The lowest BCUT2D eigenvalue weighted by Crippen LogP contribution is -1.92. The van der Waals surface area contributed by atoms with Crippen molar-refractivity contribution in [1.29, 1.82) is 0 Å². The van der Waals surface area contributed by atoms with E-state index in [-0.39, 0.29) is 0 Å². The largest absolute Gasteiger partial charge is 0.397 e. The predicted molar refractivity (Wildman–Crippen MR) is 84.6 cm³/mol. The Kier molecular flexibility index (Phi) is 3.42. The maximum atomic E-state index is 5.89. The van der Waals surface area contributed by atoms with Crippen molar-refractivity contribution in [1.82, 2.24) is 4.98 Å². The van der Waals surface area contributed by atoms with E-state index in [9.17, 15) is 0 Å². The highest BCUT2D eigenvalue weighted by Gasteiger charge is 2.06. The van der Waals surface area contributed by atoms with E-state index in [1.807, 2.05) is 22.9 Å². The summed E-state index contributed by atoms with van der Waals surface area (Å²) in [7, 11) is 0. The molecular formula is C13H10ClN3S2. The second-order valence-corrected chi connectivity index (χ2v) is 6.09. The molecule has 0 aliphatic rings. The van der Waals surface area contributed by atoms with Crippen molar-refractivity contribution in [2.45, 2.75) is 0 Å². The van der Waals surface area contributed by atoms with Gasteiger partial charge in [0.05, 0.1) is 21.3 Å². The number of nitrogens with two attached hydrogens (primary N) is 1. The summed E-state index contributed by atoms with van der Waals surface area (Å²) in [5.74, 6) is 0. The fourth-order valence-corrected chi connectivity index (χ4v) is 3.22. The smallest absolute Gasteiger partial charge is 0.187 e. The van der Waals surface area contributed by atoms with Gasteiger partial charge >= 0.3 is 0 Å². The van der Waals surface area contributed by atoms with E-state index in [0.717, 1.165) is 16.5 Å². The molecule has 0 saturated carbocycles. The van der Waals surface area contributed by atoms with E-state index in [2.05, 4.69) is 16.4 Å². The number of thiazole rings is 1. The first-order valence-corrected chi connectivity index (χ1v) is 7.67. The third-order valence-corrected chi connectivity index (χ3v) is 4.52. The third-order valence-electron chi connectivity index (χ3n) is 2.53. The highest BCUT2D eigenvalue weighted by Crippen LogP contribution is 2.31. The van der Waals surface area contributed by atoms with Gasteiger partial charge in [-0.05, 0) is 29.6 Å². The highest BCUT2D eigenvalue weighted by molar-refractivity contribution is 7.16. The summed E-state index contributed by atoms with van der Waals surface area (Å²) in [6.45, 7) is 0. The minimum atomic E-state index is 0.557. The Morgan fingerprint density at radius 1 is 1.21 bits per heavy atom. The first-order chi connectivity index (χ1) is 9.22. The number of rotatable bonds is 3. The van der Waals surface area contributed by atoms with Crippen LogP contribution in [0.4, 0.5) is 16.5 Å². The van der Waals surface area contributed by atoms with E-state index in [1.165, 1.54) is 4.88 Å². The van der Waals surface area contributed by atoms with Crippen LogP contribution in [0.3, 0.4) is 0 Å². The molecule has 2 aromatic heterocycles. The molecule has 0 aliphatic heterocycles. The zero-order valence-electron chi connectivity index (χ0n) is 9.76. The summed E-state index contributed by atoms with van der Waals surface area (Å²) in [6, 6.07) is 9.53. The topological polar surface area (TPSA) is 50.9 Å². The van der Waals surface area contributed by atoms with Gasteiger partial charge in [0, 0.05) is 11.1 Å². The minimum Gasteiger partial charge on any atom is -0.397 e. The van der Waals surface area contributed by atoms with Crippen LogP contribution in [0, 0.1) is 0 Å². The fraction of sp³-hybridized carbons (Fsp3) is 0. The standard InChI is InChI=1S/C13H10ClN3S2/c14-9-4-3-8(6-10(9)15)16-13-17-11(7-19-13)12-2-1-5-18-12/h1-7H,15H2,(H,16,17). The normalized spacial score (nSPS) is 10.6. The van der Waals surface area contributed by atoms with Gasteiger partial charge in [-0.25, -0.2) is 4.98 Å². The molecule has 0 aliphatic carbocycles. The van der Waals surface area contributed by atoms with E-state index < -0.39 is 0 Å². The van der Waals surface area contributed by atoms with Crippen LogP contribution in [0.25, 0.3) is 10.6 Å². The highest BCUT2D eigenvalue weighted by atomic mass is 35.5. The van der Waals surface area contributed by atoms with Crippen LogP contribution < -0.4 is 11.1 Å². The molecule has 3 N–H and O–H groups in total. The molecule has 6 heteroatoms. The van der Waals surface area contributed by atoms with Crippen molar-refractivity contribution in [3.8, 4) is 10.6 Å². The first kappa shape index (κ1) is 12.5. The molecule has 0 saturated heterocycles. The fourth-order valence-electron chi connectivity index (χ4n) is 1.61. The number of nitrogens with zero attached hydrogens (tertiary/aromatic N) is 1. The van der Waals surface area contributed by atoms with Crippen molar-refractivity contribution in [3.05, 3.63) is 46.1 Å². The summed E-state index contributed by atoms with van der Waals surface area (Å²) in [5, 5.41) is 8.70. The average Bonchev–Trinajstić information content (AvgIpc) is 3.04. The van der Waals surface area contributed by atoms with Crippen LogP contribution in [0.2, 0.25) is 5.02 Å². The Labute approximate surface area is 123 Å². The molecule has 0 spiro atoms. The number of benzene rings is 1. The van der Waals surface area contributed by atoms with Gasteiger partial charge in [-0.2, -0.15) is 0 Å². The quantitative estimate of drug-likeness (QED) is 0.680. The number of thiophene rings is 1. The Balaban J connectivity index is 1.82. The number of nitrogen functional groups attached to an aromatic ring is 1. The molecule has 19 heavy (non-hydrogen) atoms. The first-order valence-electron chi connectivity index (χ1n) is 5.54. The second kappa shape index (κ2) is 5.21. The monoisotopic (exact) mass is 307 g/mol. The Morgan fingerprint density at radius 3 is 2.84 bits per heavy atom. The van der Waals surface area contributed by atoms with E-state index in [0.29, 0.717) is 10.7 Å². The summed E-state index contributed by atoms with van der Waals surface area (Å²) in [5.41, 5.74) is 8.20. The van der Waals surface area contributed by atoms with Crippen LogP contribution in [0.1, 0.15) is 0 Å². The molecule has 0 fully saturated rings. The average molecular weight is 308 g/mol. The number of halogens is 1. The van der Waals surface area contributed by atoms with E-state index >= 15 is 0 Å². The van der Waals surface area contributed by atoms with Crippen LogP contribution in [-0.2, 0) is 0 Å². The molecule has 1 aromatic carbocycles. The Bertz CT molecular complexity index is 692. The molecule has 2 heterocycles. The summed E-state index contributed by atoms with van der Waals surface area (Å²) >= 11 is 9.13. The maximum absolute atomic E-state index is 5.89. The van der Waals surface area contributed by atoms with Gasteiger partial charge in [0.25, 0.3) is 0 Å². The molecule has 0 radical (unpaired) electrons. The van der Waals surface area contributed by atoms with Crippen molar-refractivity contribution >= 4 is 50.8 Å². The van der Waals surface area contributed by atoms with Crippen LogP contribution in [0.5, 0.6) is 0 Å². The SMILES string of the molecule is Nc1cc(Nc2nc(-c3cccs3)cs2)ccc1Cl. The second-order valence-electron chi connectivity index (χ2n) is 3.88. The number of hydrogen-bond acceptors (Lipinski definition) is 5. The summed E-state index contributed by atoms with van der Waals surface area (Å²) < 4.78 is 0. The van der Waals surface area contributed by atoms with Crippen molar-refractivity contribution in [2.75, 3.05) is 11.1 Å². The van der Waals surface area contributed by atoms with Crippen molar-refractivity contribution in [2.24, 2.45) is 0 Å². The summed E-state index contributed by atoms with van der Waals surface area (Å²) in [4.78, 5) is 5.71. The molecule has 3 rings (SSSR count). The van der Waals surface area contributed by atoms with Crippen molar-refractivity contribution in [3.63, 3.8) is 0 Å². The number of anilines is 3. The van der Waals surface area contributed by atoms with Crippen molar-refractivity contribution < 1.29 is 0 Å². The van der Waals surface area contributed by atoms with Gasteiger partial charge in [0.2, 0.25) is 0 Å². The lowest BCUT2D eigenvalue weighted by Gasteiger charge is -2.04. The number of aromatic nitrogens is 1. The van der Waals surface area contributed by atoms with E-state index in [4.69, 9.17) is 17.3 Å². The zero-order chi connectivity index (χ0) is 13.2. The maximum Gasteiger partial charge on any atom is 0.187 e. The van der Waals surface area contributed by atoms with Gasteiger partial charge < -0.3 is 11.1 Å². The third kappa shape index (κ3) is 2.73. The Hall–Kier alpha value is -1.56. The zero-order valence-corrected chi connectivity index (χ0v) is 12.1. The lowest BCUT2D eigenvalue weighted by atomic mass is 10.3. The molecule has 3 nitrogen and oxygen atoms in total. The lowest BCUT2D eigenvalue weighted by molar-refractivity contribution is 1.40. The van der Waals surface area contributed by atoms with Gasteiger partial charge in [0.15, 0.2) is 5.13 Å². The van der Waals surface area contributed by atoms with Crippen LogP contribution >= 0.6 is 34.3 Å². The van der Waals surface area contributed by atoms with E-state index in [1.54, 1.807) is 34.8 Å². The molecule has 0 atom stereocenters. The van der Waals surface area contributed by atoms with Gasteiger partial charge in [-0.15, -0.1) is 22.7 Å².